The zero-order valence-corrected chi connectivity index (χ0v) is 11.1. The third kappa shape index (κ3) is 4.35. The van der Waals surface area contributed by atoms with Crippen LogP contribution in [-0.4, -0.2) is 26.2 Å². The van der Waals surface area contributed by atoms with Crippen LogP contribution in [0.1, 0.15) is 33.1 Å². The minimum atomic E-state index is -0.189. The lowest BCUT2D eigenvalue weighted by Crippen LogP contribution is -2.15. The Labute approximate surface area is 104 Å². The molecule has 1 rings (SSSR count). The number of carbonyl (C=O) groups is 1. The number of ether oxygens (including phenoxy) is 1. The van der Waals surface area contributed by atoms with Crippen molar-refractivity contribution in [1.82, 2.24) is 5.32 Å². The number of esters is 1. The van der Waals surface area contributed by atoms with Crippen LogP contribution in [0.2, 0.25) is 0 Å². The maximum Gasteiger partial charge on any atom is 0.337 e. The van der Waals surface area contributed by atoms with E-state index in [0.717, 1.165) is 31.4 Å². The molecule has 0 bridgehead atoms. The Morgan fingerprint density at radius 2 is 2.35 bits per heavy atom. The molecule has 0 aromatic rings. The first-order valence-corrected chi connectivity index (χ1v) is 6.41. The molecule has 1 N–H and O–H groups in total. The van der Waals surface area contributed by atoms with Crippen LogP contribution in [0.25, 0.3) is 0 Å². The zero-order valence-electron chi connectivity index (χ0n) is 11.1. The Bertz CT molecular complexity index is 318. The van der Waals surface area contributed by atoms with Crippen LogP contribution in [-0.2, 0) is 9.53 Å². The standard InChI is InChI=1S/C14H23NO2/c1-4-17-14(16)13-7-5-6-12(10-13)11(2)8-9-15-3/h7,10-11,15H,4-6,8-9H2,1-3H3. The topological polar surface area (TPSA) is 38.3 Å². The highest BCUT2D eigenvalue weighted by Crippen LogP contribution is 2.26. The van der Waals surface area contributed by atoms with E-state index in [4.69, 9.17) is 4.74 Å². The molecular formula is C14H23NO2. The maximum atomic E-state index is 11.6. The smallest absolute Gasteiger partial charge is 0.337 e. The second-order valence-electron chi connectivity index (χ2n) is 4.43. The molecule has 1 unspecified atom stereocenters. The van der Waals surface area contributed by atoms with Crippen molar-refractivity contribution in [2.45, 2.75) is 33.1 Å². The summed E-state index contributed by atoms with van der Waals surface area (Å²) < 4.78 is 5.03. The van der Waals surface area contributed by atoms with Gasteiger partial charge in [-0.05, 0) is 51.8 Å². The molecule has 0 saturated heterocycles. The molecule has 3 nitrogen and oxygen atoms in total. The fourth-order valence-electron chi connectivity index (χ4n) is 2.02. The lowest BCUT2D eigenvalue weighted by molar-refractivity contribution is -0.138. The highest BCUT2D eigenvalue weighted by Gasteiger charge is 2.16. The SMILES string of the molecule is CCOC(=O)C1=CCCC(C(C)CCNC)=C1. The molecular weight excluding hydrogens is 214 g/mol. The fourth-order valence-corrected chi connectivity index (χ4v) is 2.02. The van der Waals surface area contributed by atoms with Crippen molar-refractivity contribution in [2.24, 2.45) is 5.92 Å². The molecule has 0 amide bonds. The highest BCUT2D eigenvalue weighted by atomic mass is 16.5. The van der Waals surface area contributed by atoms with Crippen LogP contribution in [0.5, 0.6) is 0 Å². The van der Waals surface area contributed by atoms with Crippen LogP contribution in [0.3, 0.4) is 0 Å². The first-order valence-electron chi connectivity index (χ1n) is 6.41. The van der Waals surface area contributed by atoms with Gasteiger partial charge in [0, 0.05) is 0 Å². The molecule has 3 heteroatoms. The maximum absolute atomic E-state index is 11.6. The largest absolute Gasteiger partial charge is 0.462 e. The average molecular weight is 237 g/mol. The van der Waals surface area contributed by atoms with Crippen molar-refractivity contribution in [3.8, 4) is 0 Å². The number of nitrogens with one attached hydrogen (secondary N) is 1. The van der Waals surface area contributed by atoms with Gasteiger partial charge in [-0.2, -0.15) is 0 Å². The van der Waals surface area contributed by atoms with E-state index in [-0.39, 0.29) is 5.97 Å². The van der Waals surface area contributed by atoms with Gasteiger partial charge in [0.2, 0.25) is 0 Å². The predicted octanol–water partition coefficient (Wildman–Crippen LogP) is 2.44. The van der Waals surface area contributed by atoms with E-state index in [1.165, 1.54) is 5.57 Å². The Morgan fingerprint density at radius 1 is 1.59 bits per heavy atom. The van der Waals surface area contributed by atoms with Crippen molar-refractivity contribution in [1.29, 1.82) is 0 Å². The Morgan fingerprint density at radius 3 is 3.00 bits per heavy atom. The molecule has 0 fully saturated rings. The van der Waals surface area contributed by atoms with E-state index >= 15 is 0 Å². The second kappa shape index (κ2) is 7.28. The number of carbonyl (C=O) groups excluding carboxylic acids is 1. The Hall–Kier alpha value is -1.09. The molecule has 0 radical (unpaired) electrons. The average Bonchev–Trinajstić information content (AvgIpc) is 2.36. The van der Waals surface area contributed by atoms with E-state index in [0.29, 0.717) is 12.5 Å². The number of hydrogen-bond donors (Lipinski definition) is 1. The zero-order chi connectivity index (χ0) is 12.7. The van der Waals surface area contributed by atoms with Gasteiger partial charge in [0.05, 0.1) is 12.2 Å². The van der Waals surface area contributed by atoms with Crippen molar-refractivity contribution < 1.29 is 9.53 Å². The summed E-state index contributed by atoms with van der Waals surface area (Å²) in [5.41, 5.74) is 2.09. The van der Waals surface area contributed by atoms with Gasteiger partial charge in [0.15, 0.2) is 0 Å². The molecule has 0 aliphatic heterocycles. The minimum absolute atomic E-state index is 0.189. The summed E-state index contributed by atoms with van der Waals surface area (Å²) >= 11 is 0. The van der Waals surface area contributed by atoms with Crippen molar-refractivity contribution in [3.05, 3.63) is 23.3 Å². The van der Waals surface area contributed by atoms with E-state index in [2.05, 4.69) is 12.2 Å². The molecule has 0 aromatic heterocycles. The van der Waals surface area contributed by atoms with E-state index in [9.17, 15) is 4.79 Å². The van der Waals surface area contributed by atoms with Crippen LogP contribution < -0.4 is 5.32 Å². The number of hydrogen-bond acceptors (Lipinski definition) is 3. The highest BCUT2D eigenvalue weighted by molar-refractivity contribution is 5.92. The lowest BCUT2D eigenvalue weighted by Gasteiger charge is -2.19. The summed E-state index contributed by atoms with van der Waals surface area (Å²) in [6.45, 7) is 5.50. The van der Waals surface area contributed by atoms with E-state index in [1.54, 1.807) is 0 Å². The van der Waals surface area contributed by atoms with Gasteiger partial charge in [-0.25, -0.2) is 4.79 Å². The minimum Gasteiger partial charge on any atom is -0.462 e. The fraction of sp³-hybridized carbons (Fsp3) is 0.643. The summed E-state index contributed by atoms with van der Waals surface area (Å²) in [5, 5.41) is 3.16. The molecule has 1 aliphatic rings. The van der Waals surface area contributed by atoms with Gasteiger partial charge < -0.3 is 10.1 Å². The van der Waals surface area contributed by atoms with Crippen molar-refractivity contribution in [3.63, 3.8) is 0 Å². The van der Waals surface area contributed by atoms with Crippen molar-refractivity contribution >= 4 is 5.97 Å². The third-order valence-corrected chi connectivity index (χ3v) is 3.11. The summed E-state index contributed by atoms with van der Waals surface area (Å²) in [4.78, 5) is 11.6. The molecule has 0 spiro atoms. The molecule has 0 saturated carbocycles. The first kappa shape index (κ1) is 14.0. The van der Waals surface area contributed by atoms with Crippen LogP contribution >= 0.6 is 0 Å². The van der Waals surface area contributed by atoms with Gasteiger partial charge in [-0.1, -0.05) is 18.6 Å². The van der Waals surface area contributed by atoms with Gasteiger partial charge in [-0.15, -0.1) is 0 Å². The van der Waals surface area contributed by atoms with Gasteiger partial charge in [0.25, 0.3) is 0 Å². The number of allylic oxidation sites excluding steroid dienone is 2. The first-order chi connectivity index (χ1) is 8.19. The molecule has 0 aromatic carbocycles. The summed E-state index contributed by atoms with van der Waals surface area (Å²) in [5.74, 6) is 0.339. The number of rotatable bonds is 6. The van der Waals surface area contributed by atoms with Crippen LogP contribution in [0.15, 0.2) is 23.3 Å². The molecule has 96 valence electrons. The summed E-state index contributed by atoms with van der Waals surface area (Å²) in [7, 11) is 1.96. The Balaban J connectivity index is 2.62. The van der Waals surface area contributed by atoms with Crippen LogP contribution in [0.4, 0.5) is 0 Å². The molecule has 0 heterocycles. The van der Waals surface area contributed by atoms with Gasteiger partial charge in [0.1, 0.15) is 0 Å². The van der Waals surface area contributed by atoms with Gasteiger partial charge >= 0.3 is 5.97 Å². The third-order valence-electron chi connectivity index (χ3n) is 3.11. The second-order valence-corrected chi connectivity index (χ2v) is 4.43. The van der Waals surface area contributed by atoms with E-state index < -0.39 is 0 Å². The van der Waals surface area contributed by atoms with E-state index in [1.807, 2.05) is 26.1 Å². The monoisotopic (exact) mass is 237 g/mol. The van der Waals surface area contributed by atoms with Crippen LogP contribution in [0, 0.1) is 5.92 Å². The van der Waals surface area contributed by atoms with Gasteiger partial charge in [-0.3, -0.25) is 0 Å². The molecule has 1 atom stereocenters. The summed E-state index contributed by atoms with van der Waals surface area (Å²) in [6, 6.07) is 0. The molecule has 17 heavy (non-hydrogen) atoms. The Kier molecular flexibility index (Phi) is 5.98. The lowest BCUT2D eigenvalue weighted by atomic mass is 9.88. The summed E-state index contributed by atoms with van der Waals surface area (Å²) in [6.07, 6.45) is 7.12. The quantitative estimate of drug-likeness (QED) is 0.721. The predicted molar refractivity (Wildman–Crippen MR) is 69.7 cm³/mol. The molecule has 1 aliphatic carbocycles. The van der Waals surface area contributed by atoms with Crippen molar-refractivity contribution in [2.75, 3.05) is 20.2 Å². The normalized spacial score (nSPS) is 17.1.